The van der Waals surface area contributed by atoms with Crippen LogP contribution in [-0.4, -0.2) is 43.9 Å². The second kappa shape index (κ2) is 8.21. The summed E-state index contributed by atoms with van der Waals surface area (Å²) >= 11 is 12.0. The summed E-state index contributed by atoms with van der Waals surface area (Å²) in [6.07, 6.45) is 1.83. The monoisotopic (exact) mass is 405 g/mol. The van der Waals surface area contributed by atoms with E-state index in [2.05, 4.69) is 5.32 Å². The Bertz CT molecular complexity index is 786. The average Bonchev–Trinajstić information content (AvgIpc) is 2.85. The van der Waals surface area contributed by atoms with Gasteiger partial charge in [0.1, 0.15) is 0 Å². The molecule has 2 atom stereocenters. The highest BCUT2D eigenvalue weighted by molar-refractivity contribution is 7.91. The van der Waals surface area contributed by atoms with Crippen LogP contribution in [0.1, 0.15) is 18.9 Å². The van der Waals surface area contributed by atoms with Crippen molar-refractivity contribution in [2.45, 2.75) is 25.5 Å². The van der Waals surface area contributed by atoms with Gasteiger partial charge in [0.15, 0.2) is 15.9 Å². The number of nitrogens with one attached hydrogen (secondary N) is 1. The summed E-state index contributed by atoms with van der Waals surface area (Å²) in [6, 6.07) is 4.49. The molecule has 0 spiro atoms. The highest BCUT2D eigenvalue weighted by Gasteiger charge is 2.30. The quantitative estimate of drug-likeness (QED) is 0.599. The van der Waals surface area contributed by atoms with E-state index >= 15 is 0 Å². The van der Waals surface area contributed by atoms with Gasteiger partial charge in [0.25, 0.3) is 5.91 Å². The molecule has 6 nitrogen and oxygen atoms in total. The molecule has 0 radical (unpaired) electrons. The van der Waals surface area contributed by atoms with Crippen LogP contribution in [0.2, 0.25) is 10.0 Å². The Morgan fingerprint density at radius 2 is 1.96 bits per heavy atom. The summed E-state index contributed by atoms with van der Waals surface area (Å²) in [6.45, 7) is 1.41. The van der Waals surface area contributed by atoms with Gasteiger partial charge in [-0.1, -0.05) is 29.3 Å². The second-order valence-electron chi connectivity index (χ2n) is 5.66. The summed E-state index contributed by atoms with van der Waals surface area (Å²) < 4.78 is 27.8. The number of ether oxygens (including phenoxy) is 1. The maximum Gasteiger partial charge on any atom is 0.331 e. The van der Waals surface area contributed by atoms with Gasteiger partial charge in [0.2, 0.25) is 0 Å². The molecule has 1 aromatic rings. The lowest BCUT2D eigenvalue weighted by atomic mass is 10.2. The third-order valence-corrected chi connectivity index (χ3v) is 6.05. The van der Waals surface area contributed by atoms with E-state index < -0.39 is 33.9 Å². The van der Waals surface area contributed by atoms with Gasteiger partial charge in [-0.15, -0.1) is 0 Å². The highest BCUT2D eigenvalue weighted by Crippen LogP contribution is 2.25. The smallest absolute Gasteiger partial charge is 0.331 e. The van der Waals surface area contributed by atoms with Gasteiger partial charge < -0.3 is 10.1 Å². The van der Waals surface area contributed by atoms with Crippen molar-refractivity contribution in [1.29, 1.82) is 0 Å². The van der Waals surface area contributed by atoms with Crippen molar-refractivity contribution >= 4 is 51.0 Å². The number of benzene rings is 1. The van der Waals surface area contributed by atoms with Gasteiger partial charge in [0, 0.05) is 27.7 Å². The fourth-order valence-corrected chi connectivity index (χ4v) is 4.51. The van der Waals surface area contributed by atoms with Gasteiger partial charge in [-0.05, 0) is 31.6 Å². The van der Waals surface area contributed by atoms with E-state index in [1.54, 1.807) is 18.2 Å². The molecular formula is C16H17Cl2NO5S. The van der Waals surface area contributed by atoms with Crippen LogP contribution in [0.5, 0.6) is 0 Å². The molecule has 0 aromatic heterocycles. The van der Waals surface area contributed by atoms with Crippen LogP contribution in [0.25, 0.3) is 6.08 Å². The minimum atomic E-state index is -3.10. The minimum absolute atomic E-state index is 0.0491. The number of sulfone groups is 1. The molecule has 1 amide bonds. The Labute approximate surface area is 156 Å². The molecule has 1 saturated heterocycles. The summed E-state index contributed by atoms with van der Waals surface area (Å²) in [7, 11) is -3.10. The molecule has 9 heteroatoms. The minimum Gasteiger partial charge on any atom is -0.449 e. The molecule has 2 rings (SSSR count). The zero-order valence-electron chi connectivity index (χ0n) is 13.4. The summed E-state index contributed by atoms with van der Waals surface area (Å²) in [5.41, 5.74) is 0.469. The highest BCUT2D eigenvalue weighted by atomic mass is 35.5. The molecule has 1 aromatic carbocycles. The van der Waals surface area contributed by atoms with Crippen molar-refractivity contribution in [3.63, 3.8) is 0 Å². The first kappa shape index (κ1) is 19.8. The van der Waals surface area contributed by atoms with Gasteiger partial charge in [-0.2, -0.15) is 0 Å². The molecule has 1 heterocycles. The van der Waals surface area contributed by atoms with Crippen LogP contribution in [0.15, 0.2) is 24.3 Å². The molecule has 1 aliphatic heterocycles. The average molecular weight is 406 g/mol. The Balaban J connectivity index is 1.89. The lowest BCUT2D eigenvalue weighted by Gasteiger charge is -2.15. The van der Waals surface area contributed by atoms with Crippen molar-refractivity contribution in [1.82, 2.24) is 5.32 Å². The number of hydrogen-bond donors (Lipinski definition) is 1. The van der Waals surface area contributed by atoms with Crippen molar-refractivity contribution in [3.05, 3.63) is 39.9 Å². The topological polar surface area (TPSA) is 89.5 Å². The molecule has 1 aliphatic rings. The first-order valence-corrected chi connectivity index (χ1v) is 10.1. The largest absolute Gasteiger partial charge is 0.449 e. The van der Waals surface area contributed by atoms with Gasteiger partial charge in [-0.3, -0.25) is 4.79 Å². The number of hydrogen-bond acceptors (Lipinski definition) is 5. The Hall–Kier alpha value is -1.57. The van der Waals surface area contributed by atoms with Crippen LogP contribution in [-0.2, 0) is 24.2 Å². The number of halogens is 2. The first-order valence-electron chi connectivity index (χ1n) is 7.51. The van der Waals surface area contributed by atoms with Gasteiger partial charge >= 0.3 is 5.97 Å². The normalized spacial score (nSPS) is 20.4. The predicted molar refractivity (Wildman–Crippen MR) is 96.3 cm³/mol. The van der Waals surface area contributed by atoms with Crippen molar-refractivity contribution in [2.75, 3.05) is 11.5 Å². The number of rotatable bonds is 5. The van der Waals surface area contributed by atoms with Crippen molar-refractivity contribution in [3.8, 4) is 0 Å². The van der Waals surface area contributed by atoms with Crippen LogP contribution < -0.4 is 5.32 Å². The van der Waals surface area contributed by atoms with Crippen LogP contribution >= 0.6 is 23.2 Å². The fourth-order valence-electron chi connectivity index (χ4n) is 2.32. The maximum absolute atomic E-state index is 12.0. The summed E-state index contributed by atoms with van der Waals surface area (Å²) in [4.78, 5) is 23.8. The van der Waals surface area contributed by atoms with E-state index in [1.807, 2.05) is 0 Å². The van der Waals surface area contributed by atoms with Crippen LogP contribution in [0.3, 0.4) is 0 Å². The molecule has 0 aliphatic carbocycles. The standard InChI is InChI=1S/C16H17Cl2NO5S/c1-10(16(21)19-11-7-8-25(22,23)9-11)24-15(20)6-5-12-13(17)3-2-4-14(12)18/h2-6,10-11H,7-9H2,1H3,(H,19,21)/b6-5+/t10-,11-/m0/s1. The zero-order valence-corrected chi connectivity index (χ0v) is 15.7. The number of amides is 1. The molecule has 0 saturated carbocycles. The van der Waals surface area contributed by atoms with E-state index in [-0.39, 0.29) is 11.5 Å². The second-order valence-corrected chi connectivity index (χ2v) is 8.70. The number of carbonyl (C=O) groups is 2. The summed E-state index contributed by atoms with van der Waals surface area (Å²) in [5.74, 6) is -1.32. The van der Waals surface area contributed by atoms with Gasteiger partial charge in [0.05, 0.1) is 11.5 Å². The number of esters is 1. The Morgan fingerprint density at radius 1 is 1.32 bits per heavy atom. The Morgan fingerprint density at radius 3 is 2.52 bits per heavy atom. The first-order chi connectivity index (χ1) is 11.7. The third kappa shape index (κ3) is 5.73. The van der Waals surface area contributed by atoms with Crippen LogP contribution in [0, 0.1) is 0 Å². The third-order valence-electron chi connectivity index (χ3n) is 3.63. The Kier molecular flexibility index (Phi) is 6.48. The van der Waals surface area contributed by atoms with E-state index in [4.69, 9.17) is 27.9 Å². The molecule has 25 heavy (non-hydrogen) atoms. The van der Waals surface area contributed by atoms with E-state index in [0.29, 0.717) is 22.0 Å². The maximum atomic E-state index is 12.0. The number of carbonyl (C=O) groups excluding carboxylic acids is 2. The SMILES string of the molecule is C[C@H](OC(=O)/C=C/c1c(Cl)cccc1Cl)C(=O)N[C@H]1CCS(=O)(=O)C1. The molecule has 136 valence electrons. The molecule has 0 bridgehead atoms. The predicted octanol–water partition coefficient (Wildman–Crippen LogP) is 2.24. The van der Waals surface area contributed by atoms with E-state index in [1.165, 1.54) is 13.0 Å². The lowest BCUT2D eigenvalue weighted by Crippen LogP contribution is -2.42. The van der Waals surface area contributed by atoms with E-state index in [9.17, 15) is 18.0 Å². The zero-order chi connectivity index (χ0) is 18.6. The molecule has 1 N–H and O–H groups in total. The fraction of sp³-hybridized carbons (Fsp3) is 0.375. The van der Waals surface area contributed by atoms with Gasteiger partial charge in [-0.25, -0.2) is 13.2 Å². The van der Waals surface area contributed by atoms with Crippen molar-refractivity contribution < 1.29 is 22.7 Å². The molecule has 1 fully saturated rings. The lowest BCUT2D eigenvalue weighted by molar-refractivity contribution is -0.150. The van der Waals surface area contributed by atoms with Crippen LogP contribution in [0.4, 0.5) is 0 Å². The summed E-state index contributed by atoms with van der Waals surface area (Å²) in [5, 5.41) is 3.33. The molecular weight excluding hydrogens is 389 g/mol. The molecule has 0 unspecified atom stereocenters. The van der Waals surface area contributed by atoms with E-state index in [0.717, 1.165) is 6.08 Å². The van der Waals surface area contributed by atoms with Crippen molar-refractivity contribution in [2.24, 2.45) is 0 Å².